The number of amides is 1. The molecule has 180 valence electrons. The van der Waals surface area contributed by atoms with Gasteiger partial charge < -0.3 is 18.6 Å². The van der Waals surface area contributed by atoms with E-state index in [0.717, 1.165) is 32.1 Å². The van der Waals surface area contributed by atoms with Gasteiger partial charge in [0.2, 0.25) is 0 Å². The lowest BCUT2D eigenvalue weighted by Crippen LogP contribution is -2.59. The van der Waals surface area contributed by atoms with Crippen LogP contribution in [-0.4, -0.2) is 38.6 Å². The summed E-state index contributed by atoms with van der Waals surface area (Å²) in [4.78, 5) is 15.2. The summed E-state index contributed by atoms with van der Waals surface area (Å²) < 4.78 is 42.5. The third-order valence-electron chi connectivity index (χ3n) is 6.31. The van der Waals surface area contributed by atoms with E-state index >= 15 is 0 Å². The van der Waals surface area contributed by atoms with Crippen LogP contribution in [0.2, 0.25) is 0 Å². The summed E-state index contributed by atoms with van der Waals surface area (Å²) in [7, 11) is -2.65. The topological polar surface area (TPSA) is 106 Å². The number of hydrogen-bond donors (Lipinski definition) is 0. The SMILES string of the molecule is COc1cccc(S(=O)(=O)Oc2ccc3c(c2)OC2(CCCCC2)N(CCCCC#N)C3=O)c1. The monoisotopic (exact) mass is 484 g/mol. The van der Waals surface area contributed by atoms with Gasteiger partial charge in [-0.3, -0.25) is 4.79 Å². The zero-order valence-electron chi connectivity index (χ0n) is 19.2. The van der Waals surface area contributed by atoms with Crippen molar-refractivity contribution in [3.8, 4) is 23.3 Å². The maximum atomic E-state index is 13.5. The average molecular weight is 485 g/mol. The molecule has 2 aromatic carbocycles. The summed E-state index contributed by atoms with van der Waals surface area (Å²) in [5.74, 6) is 0.668. The lowest BCUT2D eigenvalue weighted by atomic mass is 9.88. The van der Waals surface area contributed by atoms with Crippen molar-refractivity contribution < 1.29 is 26.9 Å². The molecule has 0 aromatic heterocycles. The van der Waals surface area contributed by atoms with Crippen LogP contribution >= 0.6 is 0 Å². The molecule has 4 rings (SSSR count). The van der Waals surface area contributed by atoms with Crippen molar-refractivity contribution in [2.45, 2.75) is 62.0 Å². The highest BCUT2D eigenvalue weighted by molar-refractivity contribution is 7.87. The molecule has 0 radical (unpaired) electrons. The van der Waals surface area contributed by atoms with E-state index < -0.39 is 15.8 Å². The minimum Gasteiger partial charge on any atom is -0.497 e. The molecule has 1 saturated carbocycles. The van der Waals surface area contributed by atoms with Crippen molar-refractivity contribution in [1.29, 1.82) is 5.26 Å². The number of fused-ring (bicyclic) bond motifs is 1. The maximum absolute atomic E-state index is 13.5. The number of nitriles is 1. The number of carbonyl (C=O) groups excluding carboxylic acids is 1. The number of ether oxygens (including phenoxy) is 2. The Hall–Kier alpha value is -3.25. The first-order chi connectivity index (χ1) is 16.4. The number of hydrogen-bond acceptors (Lipinski definition) is 7. The average Bonchev–Trinajstić information content (AvgIpc) is 2.83. The Morgan fingerprint density at radius 3 is 2.62 bits per heavy atom. The van der Waals surface area contributed by atoms with Gasteiger partial charge in [0.25, 0.3) is 5.91 Å². The summed E-state index contributed by atoms with van der Waals surface area (Å²) in [6.45, 7) is 0.516. The zero-order chi connectivity index (χ0) is 24.2. The van der Waals surface area contributed by atoms with E-state index in [2.05, 4.69) is 6.07 Å². The summed E-state index contributed by atoms with van der Waals surface area (Å²) in [5.41, 5.74) is -0.373. The summed E-state index contributed by atoms with van der Waals surface area (Å²) in [6.07, 6.45) is 6.28. The van der Waals surface area contributed by atoms with Crippen LogP contribution < -0.4 is 13.7 Å². The van der Waals surface area contributed by atoms with Crippen molar-refractivity contribution in [3.63, 3.8) is 0 Å². The van der Waals surface area contributed by atoms with Crippen molar-refractivity contribution in [2.75, 3.05) is 13.7 Å². The second-order valence-electron chi connectivity index (χ2n) is 8.56. The van der Waals surface area contributed by atoms with Crippen LogP contribution in [0.25, 0.3) is 0 Å². The summed E-state index contributed by atoms with van der Waals surface area (Å²) >= 11 is 0. The fourth-order valence-corrected chi connectivity index (χ4v) is 5.55. The van der Waals surface area contributed by atoms with Gasteiger partial charge in [0, 0.05) is 37.9 Å². The van der Waals surface area contributed by atoms with Crippen LogP contribution in [0.4, 0.5) is 0 Å². The van der Waals surface area contributed by atoms with Gasteiger partial charge in [-0.1, -0.05) is 12.5 Å². The Bertz CT molecular complexity index is 1200. The molecule has 1 spiro atoms. The lowest BCUT2D eigenvalue weighted by molar-refractivity contribution is -0.0990. The van der Waals surface area contributed by atoms with E-state index in [-0.39, 0.29) is 16.6 Å². The summed E-state index contributed by atoms with van der Waals surface area (Å²) in [5, 5.41) is 8.82. The van der Waals surface area contributed by atoms with Gasteiger partial charge in [-0.15, -0.1) is 0 Å². The second-order valence-corrected chi connectivity index (χ2v) is 10.1. The van der Waals surface area contributed by atoms with Gasteiger partial charge in [-0.2, -0.15) is 13.7 Å². The van der Waals surface area contributed by atoms with Gasteiger partial charge in [0.15, 0.2) is 5.72 Å². The molecule has 0 atom stereocenters. The number of carbonyl (C=O) groups is 1. The number of benzene rings is 2. The fourth-order valence-electron chi connectivity index (χ4n) is 4.59. The Balaban J connectivity index is 1.61. The standard InChI is InChI=1S/C25H28N2O6S/c1-31-19-9-8-10-21(17-19)34(29,30)33-20-11-12-22-23(18-20)32-25(13-4-2-5-14-25)27(24(22)28)16-7-3-6-15-26/h8-12,17-18H,2-7,13-14,16H2,1H3. The first-order valence-corrected chi connectivity index (χ1v) is 12.9. The van der Waals surface area contributed by atoms with Crippen LogP contribution in [-0.2, 0) is 10.1 Å². The molecule has 2 aromatic rings. The Morgan fingerprint density at radius 2 is 1.88 bits per heavy atom. The largest absolute Gasteiger partial charge is 0.497 e. The maximum Gasteiger partial charge on any atom is 0.339 e. The van der Waals surface area contributed by atoms with E-state index in [1.165, 1.54) is 31.4 Å². The Morgan fingerprint density at radius 1 is 1.09 bits per heavy atom. The molecule has 1 fully saturated rings. The molecule has 9 heteroatoms. The van der Waals surface area contributed by atoms with Crippen molar-refractivity contribution >= 4 is 16.0 Å². The van der Waals surface area contributed by atoms with Gasteiger partial charge >= 0.3 is 10.1 Å². The number of unbranched alkanes of at least 4 members (excludes halogenated alkanes) is 2. The number of nitrogens with zero attached hydrogens (tertiary/aromatic N) is 2. The quantitative estimate of drug-likeness (QED) is 0.396. The third kappa shape index (κ3) is 4.82. The van der Waals surface area contributed by atoms with Crippen molar-refractivity contribution in [2.24, 2.45) is 0 Å². The smallest absolute Gasteiger partial charge is 0.339 e. The van der Waals surface area contributed by atoms with E-state index in [1.54, 1.807) is 23.1 Å². The van der Waals surface area contributed by atoms with Crippen LogP contribution in [0.5, 0.6) is 17.2 Å². The molecule has 0 N–H and O–H groups in total. The highest BCUT2D eigenvalue weighted by Crippen LogP contribution is 2.43. The van der Waals surface area contributed by atoms with E-state index in [9.17, 15) is 13.2 Å². The van der Waals surface area contributed by atoms with E-state index in [1.807, 2.05) is 0 Å². The lowest BCUT2D eigenvalue weighted by Gasteiger charge is -2.49. The predicted molar refractivity (Wildman–Crippen MR) is 124 cm³/mol. The molecular weight excluding hydrogens is 456 g/mol. The highest BCUT2D eigenvalue weighted by atomic mass is 32.2. The molecule has 1 aliphatic carbocycles. The molecule has 2 aliphatic rings. The van der Waals surface area contributed by atoms with Crippen LogP contribution in [0.3, 0.4) is 0 Å². The minimum absolute atomic E-state index is 0.0335. The van der Waals surface area contributed by atoms with Crippen LogP contribution in [0.15, 0.2) is 47.4 Å². The first kappa shape index (κ1) is 23.9. The number of rotatable bonds is 8. The summed E-state index contributed by atoms with van der Waals surface area (Å²) in [6, 6.07) is 12.7. The number of methoxy groups -OCH3 is 1. The molecule has 0 bridgehead atoms. The zero-order valence-corrected chi connectivity index (χ0v) is 20.0. The van der Waals surface area contributed by atoms with Crippen molar-refractivity contribution in [3.05, 3.63) is 48.0 Å². The van der Waals surface area contributed by atoms with Gasteiger partial charge in [-0.25, -0.2) is 0 Å². The third-order valence-corrected chi connectivity index (χ3v) is 7.55. The minimum atomic E-state index is -4.10. The Kier molecular flexibility index (Phi) is 6.98. The van der Waals surface area contributed by atoms with Gasteiger partial charge in [0.1, 0.15) is 22.1 Å². The van der Waals surface area contributed by atoms with Gasteiger partial charge in [0.05, 0.1) is 18.7 Å². The molecule has 0 unspecified atom stereocenters. The normalized spacial score (nSPS) is 16.9. The van der Waals surface area contributed by atoms with Gasteiger partial charge in [-0.05, 0) is 49.9 Å². The highest BCUT2D eigenvalue weighted by Gasteiger charge is 2.47. The van der Waals surface area contributed by atoms with E-state index in [0.29, 0.717) is 42.9 Å². The van der Waals surface area contributed by atoms with Crippen LogP contribution in [0.1, 0.15) is 61.7 Å². The molecular formula is C25H28N2O6S. The van der Waals surface area contributed by atoms with E-state index in [4.69, 9.17) is 18.9 Å². The molecule has 8 nitrogen and oxygen atoms in total. The fraction of sp³-hybridized carbons (Fsp3) is 0.440. The first-order valence-electron chi connectivity index (χ1n) is 11.5. The molecule has 1 amide bonds. The molecule has 1 aliphatic heterocycles. The second kappa shape index (κ2) is 9.94. The predicted octanol–water partition coefficient (Wildman–Crippen LogP) is 4.65. The van der Waals surface area contributed by atoms with Crippen LogP contribution in [0, 0.1) is 11.3 Å². The molecule has 0 saturated heterocycles. The Labute approximate surface area is 200 Å². The molecule has 34 heavy (non-hydrogen) atoms. The molecule has 1 heterocycles. The van der Waals surface area contributed by atoms with Crippen molar-refractivity contribution in [1.82, 2.24) is 4.90 Å².